The number of anilines is 5. The van der Waals surface area contributed by atoms with Crippen LogP contribution in [0.25, 0.3) is 0 Å². The number of nitrogen functional groups attached to an aromatic ring is 2. The third kappa shape index (κ3) is 7.14. The summed E-state index contributed by atoms with van der Waals surface area (Å²) >= 11 is 0. The van der Waals surface area contributed by atoms with Crippen molar-refractivity contribution in [1.82, 2.24) is 0 Å². The van der Waals surface area contributed by atoms with Crippen LogP contribution < -0.4 is 22.1 Å². The molecule has 0 atom stereocenters. The van der Waals surface area contributed by atoms with Crippen molar-refractivity contribution in [2.75, 3.05) is 22.1 Å². The largest absolute Gasteiger partial charge is 0.399 e. The van der Waals surface area contributed by atoms with E-state index in [0.29, 0.717) is 0 Å². The van der Waals surface area contributed by atoms with Crippen molar-refractivity contribution in [1.29, 1.82) is 0 Å². The Labute approximate surface area is 166 Å². The zero-order chi connectivity index (χ0) is 20.2. The fourth-order valence-corrected chi connectivity index (χ4v) is 2.28. The number of nitrogens with one attached hydrogen (secondary N) is 2. The molecule has 4 nitrogen and oxygen atoms in total. The second-order valence-electron chi connectivity index (χ2n) is 5.92. The first-order chi connectivity index (χ1) is 13.6. The van der Waals surface area contributed by atoms with E-state index in [9.17, 15) is 0 Å². The van der Waals surface area contributed by atoms with E-state index in [1.807, 2.05) is 84.9 Å². The second kappa shape index (κ2) is 10.9. The van der Waals surface area contributed by atoms with Gasteiger partial charge in [-0.1, -0.05) is 37.4 Å². The molecular weight excluding hydrogens is 344 g/mol. The first kappa shape index (κ1) is 20.4. The molecule has 3 aromatic rings. The van der Waals surface area contributed by atoms with E-state index in [4.69, 9.17) is 11.5 Å². The number of benzene rings is 3. The Hall–Kier alpha value is -3.92. The summed E-state index contributed by atoms with van der Waals surface area (Å²) in [5.41, 5.74) is 16.7. The minimum absolute atomic E-state index is 0.753. The Morgan fingerprint density at radius 1 is 0.679 bits per heavy atom. The normalized spacial score (nSPS) is 10.2. The van der Waals surface area contributed by atoms with E-state index in [1.54, 1.807) is 12.2 Å². The lowest BCUT2D eigenvalue weighted by molar-refractivity contribution is 1.48. The van der Waals surface area contributed by atoms with Gasteiger partial charge in [0.25, 0.3) is 0 Å². The molecule has 0 aliphatic rings. The van der Waals surface area contributed by atoms with Crippen molar-refractivity contribution in [3.05, 3.63) is 116 Å². The molecule has 0 radical (unpaired) electrons. The van der Waals surface area contributed by atoms with Gasteiger partial charge < -0.3 is 22.1 Å². The summed E-state index contributed by atoms with van der Waals surface area (Å²) in [5, 5.41) is 6.45. The van der Waals surface area contributed by atoms with Crippen molar-refractivity contribution in [3.63, 3.8) is 0 Å². The van der Waals surface area contributed by atoms with Crippen LogP contribution in [-0.4, -0.2) is 0 Å². The van der Waals surface area contributed by atoms with Gasteiger partial charge in [0.2, 0.25) is 0 Å². The first-order valence-electron chi connectivity index (χ1n) is 8.86. The lowest BCUT2D eigenvalue weighted by atomic mass is 10.2. The Bertz CT molecular complexity index is 896. The predicted molar refractivity (Wildman–Crippen MR) is 124 cm³/mol. The Morgan fingerprint density at radius 3 is 1.68 bits per heavy atom. The van der Waals surface area contributed by atoms with Gasteiger partial charge in [-0.25, -0.2) is 0 Å². The van der Waals surface area contributed by atoms with Gasteiger partial charge in [0, 0.05) is 34.1 Å². The monoisotopic (exact) mass is 370 g/mol. The maximum absolute atomic E-state index is 5.59. The summed E-state index contributed by atoms with van der Waals surface area (Å²) in [6.07, 6.45) is 5.29. The molecule has 4 heteroatoms. The van der Waals surface area contributed by atoms with Gasteiger partial charge >= 0.3 is 0 Å². The Kier molecular flexibility index (Phi) is 7.96. The number of nitrogens with two attached hydrogens (primary N) is 2. The van der Waals surface area contributed by atoms with Crippen LogP contribution in [-0.2, 0) is 0 Å². The Morgan fingerprint density at radius 2 is 1.18 bits per heavy atom. The average molecular weight is 370 g/mol. The van der Waals surface area contributed by atoms with Crippen molar-refractivity contribution >= 4 is 28.4 Å². The zero-order valence-corrected chi connectivity index (χ0v) is 15.8. The van der Waals surface area contributed by atoms with Crippen LogP contribution in [0.5, 0.6) is 0 Å². The molecule has 0 aliphatic heterocycles. The fraction of sp³-hybridized carbons (Fsp3) is 0. The summed E-state index contributed by atoms with van der Waals surface area (Å²) in [4.78, 5) is 0. The number of hydrogen-bond acceptors (Lipinski definition) is 4. The van der Waals surface area contributed by atoms with Gasteiger partial charge in [-0.05, 0) is 72.8 Å². The van der Waals surface area contributed by atoms with Crippen molar-refractivity contribution in [2.45, 2.75) is 0 Å². The molecule has 0 aromatic heterocycles. The molecule has 28 heavy (non-hydrogen) atoms. The number of hydrogen-bond donors (Lipinski definition) is 4. The third-order valence-electron chi connectivity index (χ3n) is 3.69. The quantitative estimate of drug-likeness (QED) is 0.319. The minimum atomic E-state index is 0.753. The van der Waals surface area contributed by atoms with Gasteiger partial charge in [0.15, 0.2) is 0 Å². The lowest BCUT2D eigenvalue weighted by Gasteiger charge is -2.06. The summed E-state index contributed by atoms with van der Waals surface area (Å²) in [6.45, 7) is 7.31. The van der Waals surface area contributed by atoms with Crippen LogP contribution in [0, 0.1) is 0 Å². The van der Waals surface area contributed by atoms with E-state index in [2.05, 4.69) is 23.8 Å². The van der Waals surface area contributed by atoms with Gasteiger partial charge in [-0.15, -0.1) is 0 Å². The highest BCUT2D eigenvalue weighted by Crippen LogP contribution is 2.17. The second-order valence-corrected chi connectivity index (χ2v) is 5.92. The number of para-hydroxylation sites is 1. The summed E-state index contributed by atoms with van der Waals surface area (Å²) in [6, 6.07) is 25.2. The van der Waals surface area contributed by atoms with Crippen LogP contribution in [0.3, 0.4) is 0 Å². The molecule has 3 aromatic carbocycles. The van der Waals surface area contributed by atoms with Crippen LogP contribution in [0.2, 0.25) is 0 Å². The molecule has 0 saturated carbocycles. The first-order valence-corrected chi connectivity index (χ1v) is 8.86. The molecule has 6 N–H and O–H groups in total. The molecular formula is C24H26N4. The molecule has 0 unspecified atom stereocenters. The molecule has 142 valence electrons. The molecule has 0 fully saturated rings. The molecule has 0 aliphatic carbocycles. The molecule has 0 spiro atoms. The van der Waals surface area contributed by atoms with Crippen molar-refractivity contribution < 1.29 is 0 Å². The predicted octanol–water partition coefficient (Wildman–Crippen LogP) is 5.95. The summed E-state index contributed by atoms with van der Waals surface area (Å²) < 4.78 is 0. The van der Waals surface area contributed by atoms with Crippen LogP contribution in [0.1, 0.15) is 0 Å². The summed E-state index contributed by atoms with van der Waals surface area (Å²) in [7, 11) is 0. The van der Waals surface area contributed by atoms with Gasteiger partial charge in [-0.2, -0.15) is 0 Å². The number of allylic oxidation sites excluding steroid dienone is 3. The highest BCUT2D eigenvalue weighted by Gasteiger charge is 1.93. The fourth-order valence-electron chi connectivity index (χ4n) is 2.28. The van der Waals surface area contributed by atoms with Gasteiger partial charge in [0.05, 0.1) is 0 Å². The summed E-state index contributed by atoms with van der Waals surface area (Å²) in [5.74, 6) is 0. The van der Waals surface area contributed by atoms with Crippen LogP contribution in [0.15, 0.2) is 116 Å². The molecule has 0 bridgehead atoms. The van der Waals surface area contributed by atoms with Crippen LogP contribution >= 0.6 is 0 Å². The Balaban J connectivity index is 0.000000200. The van der Waals surface area contributed by atoms with E-state index in [0.717, 1.165) is 34.1 Å². The molecule has 3 rings (SSSR count). The molecule has 0 heterocycles. The highest BCUT2D eigenvalue weighted by molar-refractivity contribution is 5.61. The van der Waals surface area contributed by atoms with Crippen molar-refractivity contribution in [2.24, 2.45) is 0 Å². The lowest BCUT2D eigenvalue weighted by Crippen LogP contribution is -1.96. The van der Waals surface area contributed by atoms with Crippen LogP contribution in [0.4, 0.5) is 28.4 Å². The molecule has 0 saturated heterocycles. The standard InChI is InChI=1S/C12H12N2.C12H14N2/c13-10-6-8-12(9-7-10)14-11-4-2-1-3-5-11;1-3-5-11(4-2)14-12-8-6-10(13)7-9-12/h1-9,14H,13H2;3-9,14H,1-2,13H2/b;11-5+. The van der Waals surface area contributed by atoms with Gasteiger partial charge in [-0.3, -0.25) is 0 Å². The van der Waals surface area contributed by atoms with Gasteiger partial charge in [0.1, 0.15) is 0 Å². The average Bonchev–Trinajstić information content (AvgIpc) is 2.72. The molecule has 0 amide bonds. The van der Waals surface area contributed by atoms with E-state index < -0.39 is 0 Å². The smallest absolute Gasteiger partial charge is 0.0385 e. The van der Waals surface area contributed by atoms with E-state index in [-0.39, 0.29) is 0 Å². The topological polar surface area (TPSA) is 76.1 Å². The van der Waals surface area contributed by atoms with E-state index in [1.165, 1.54) is 0 Å². The van der Waals surface area contributed by atoms with E-state index >= 15 is 0 Å². The van der Waals surface area contributed by atoms with Crippen molar-refractivity contribution in [3.8, 4) is 0 Å². The highest BCUT2D eigenvalue weighted by atomic mass is 14.9. The number of rotatable bonds is 6. The minimum Gasteiger partial charge on any atom is -0.399 e. The zero-order valence-electron chi connectivity index (χ0n) is 15.8. The maximum Gasteiger partial charge on any atom is 0.0385 e. The third-order valence-corrected chi connectivity index (χ3v) is 3.69. The maximum atomic E-state index is 5.59. The SMILES string of the molecule is C=C/C=C(\C=C)Nc1ccc(N)cc1.Nc1ccc(Nc2ccccc2)cc1.